The van der Waals surface area contributed by atoms with E-state index in [1.165, 1.54) is 11.3 Å². The van der Waals surface area contributed by atoms with Crippen LogP contribution >= 0.6 is 11.3 Å². The van der Waals surface area contributed by atoms with Crippen LogP contribution in [0.2, 0.25) is 0 Å². The SMILES string of the molecule is CCCNC(=O)c1cc(-c2ccc(OC)cc2)c(C)s1. The number of hydrogen-bond acceptors (Lipinski definition) is 3. The van der Waals surface area contributed by atoms with Gasteiger partial charge in [-0.1, -0.05) is 19.1 Å². The number of carbonyl (C=O) groups excluding carboxylic acids is 1. The molecule has 1 heterocycles. The van der Waals surface area contributed by atoms with Gasteiger partial charge in [0.25, 0.3) is 5.91 Å². The van der Waals surface area contributed by atoms with Crippen molar-refractivity contribution in [2.45, 2.75) is 20.3 Å². The van der Waals surface area contributed by atoms with Crippen LogP contribution in [0.3, 0.4) is 0 Å². The van der Waals surface area contributed by atoms with E-state index < -0.39 is 0 Å². The predicted octanol–water partition coefficient (Wildman–Crippen LogP) is 3.87. The maximum Gasteiger partial charge on any atom is 0.261 e. The van der Waals surface area contributed by atoms with Crippen LogP contribution in [0.1, 0.15) is 27.9 Å². The lowest BCUT2D eigenvalue weighted by molar-refractivity contribution is 0.0957. The summed E-state index contributed by atoms with van der Waals surface area (Å²) in [6.07, 6.45) is 0.946. The van der Waals surface area contributed by atoms with Gasteiger partial charge >= 0.3 is 0 Å². The molecule has 0 fully saturated rings. The molecule has 106 valence electrons. The lowest BCUT2D eigenvalue weighted by Crippen LogP contribution is -2.22. The molecule has 1 N–H and O–H groups in total. The molecule has 0 aliphatic heterocycles. The molecule has 1 aromatic carbocycles. The molecule has 2 aromatic rings. The van der Waals surface area contributed by atoms with Crippen molar-refractivity contribution in [1.82, 2.24) is 5.32 Å². The zero-order chi connectivity index (χ0) is 14.5. The summed E-state index contributed by atoms with van der Waals surface area (Å²) in [5.74, 6) is 0.849. The van der Waals surface area contributed by atoms with E-state index >= 15 is 0 Å². The smallest absolute Gasteiger partial charge is 0.261 e. The van der Waals surface area contributed by atoms with Crippen molar-refractivity contribution >= 4 is 17.2 Å². The van der Waals surface area contributed by atoms with Crippen molar-refractivity contribution in [1.29, 1.82) is 0 Å². The standard InChI is InChI=1S/C16H19NO2S/c1-4-9-17-16(18)15-10-14(11(2)20-15)12-5-7-13(19-3)8-6-12/h5-8,10H,4,9H2,1-3H3,(H,17,18). The number of methoxy groups -OCH3 is 1. The summed E-state index contributed by atoms with van der Waals surface area (Å²) in [7, 11) is 1.65. The summed E-state index contributed by atoms with van der Waals surface area (Å²) < 4.78 is 5.16. The number of thiophene rings is 1. The molecule has 0 saturated heterocycles. The first-order valence-corrected chi connectivity index (χ1v) is 7.50. The van der Waals surface area contributed by atoms with Crippen molar-refractivity contribution in [2.24, 2.45) is 0 Å². The largest absolute Gasteiger partial charge is 0.497 e. The van der Waals surface area contributed by atoms with Crippen LogP contribution in [0.4, 0.5) is 0 Å². The second-order valence-corrected chi connectivity index (χ2v) is 5.82. The monoisotopic (exact) mass is 289 g/mol. The number of benzene rings is 1. The third-order valence-electron chi connectivity index (χ3n) is 3.08. The molecule has 2 rings (SSSR count). The van der Waals surface area contributed by atoms with Gasteiger partial charge in [-0.15, -0.1) is 11.3 Å². The predicted molar refractivity (Wildman–Crippen MR) is 83.7 cm³/mol. The number of rotatable bonds is 5. The molecule has 1 aromatic heterocycles. The Morgan fingerprint density at radius 2 is 2.00 bits per heavy atom. The van der Waals surface area contributed by atoms with E-state index in [4.69, 9.17) is 4.74 Å². The molecule has 0 spiro atoms. The van der Waals surface area contributed by atoms with Crippen LogP contribution in [0, 0.1) is 6.92 Å². The first-order valence-electron chi connectivity index (χ1n) is 6.68. The fraction of sp³-hybridized carbons (Fsp3) is 0.312. The zero-order valence-corrected chi connectivity index (χ0v) is 12.8. The summed E-state index contributed by atoms with van der Waals surface area (Å²) >= 11 is 1.53. The third-order valence-corrected chi connectivity index (χ3v) is 4.13. The summed E-state index contributed by atoms with van der Waals surface area (Å²) in [4.78, 5) is 13.9. The van der Waals surface area contributed by atoms with Crippen LogP contribution in [-0.4, -0.2) is 19.6 Å². The Hall–Kier alpha value is -1.81. The topological polar surface area (TPSA) is 38.3 Å². The summed E-state index contributed by atoms with van der Waals surface area (Å²) in [5.41, 5.74) is 2.22. The Balaban J connectivity index is 2.24. The number of amides is 1. The van der Waals surface area contributed by atoms with Gasteiger partial charge in [0, 0.05) is 11.4 Å². The van der Waals surface area contributed by atoms with E-state index in [1.54, 1.807) is 7.11 Å². The molecule has 1 amide bonds. The van der Waals surface area contributed by atoms with Gasteiger partial charge in [-0.05, 0) is 42.7 Å². The molecule has 4 heteroatoms. The van der Waals surface area contributed by atoms with E-state index in [1.807, 2.05) is 44.2 Å². The van der Waals surface area contributed by atoms with E-state index in [-0.39, 0.29) is 5.91 Å². The van der Waals surface area contributed by atoms with Gasteiger partial charge < -0.3 is 10.1 Å². The minimum absolute atomic E-state index is 0.0136. The highest BCUT2D eigenvalue weighted by Gasteiger charge is 2.13. The first-order chi connectivity index (χ1) is 9.65. The third kappa shape index (κ3) is 3.20. The molecule has 0 atom stereocenters. The zero-order valence-electron chi connectivity index (χ0n) is 12.0. The molecular formula is C16H19NO2S. The molecule has 0 radical (unpaired) electrons. The van der Waals surface area contributed by atoms with Gasteiger partial charge in [0.15, 0.2) is 0 Å². The molecule has 0 aliphatic carbocycles. The van der Waals surface area contributed by atoms with E-state index in [0.29, 0.717) is 6.54 Å². The molecule has 20 heavy (non-hydrogen) atoms. The van der Waals surface area contributed by atoms with Gasteiger partial charge in [-0.3, -0.25) is 4.79 Å². The van der Waals surface area contributed by atoms with Crippen LogP contribution in [0.15, 0.2) is 30.3 Å². The number of hydrogen-bond donors (Lipinski definition) is 1. The number of carbonyl (C=O) groups is 1. The summed E-state index contributed by atoms with van der Waals surface area (Å²) in [6, 6.07) is 9.86. The molecule has 0 unspecified atom stereocenters. The average Bonchev–Trinajstić information content (AvgIpc) is 2.87. The lowest BCUT2D eigenvalue weighted by atomic mass is 10.1. The minimum Gasteiger partial charge on any atom is -0.497 e. The number of aryl methyl sites for hydroxylation is 1. The van der Waals surface area contributed by atoms with Crippen molar-refractivity contribution in [3.8, 4) is 16.9 Å². The maximum absolute atomic E-state index is 12.0. The highest BCUT2D eigenvalue weighted by molar-refractivity contribution is 7.14. The molecule has 0 saturated carbocycles. The highest BCUT2D eigenvalue weighted by atomic mass is 32.1. The van der Waals surface area contributed by atoms with E-state index in [0.717, 1.165) is 33.1 Å². The van der Waals surface area contributed by atoms with Crippen molar-refractivity contribution < 1.29 is 9.53 Å². The van der Waals surface area contributed by atoms with Crippen molar-refractivity contribution in [3.63, 3.8) is 0 Å². The van der Waals surface area contributed by atoms with Gasteiger partial charge in [-0.25, -0.2) is 0 Å². The Morgan fingerprint density at radius 3 is 2.60 bits per heavy atom. The maximum atomic E-state index is 12.0. The van der Waals surface area contributed by atoms with Crippen LogP contribution in [-0.2, 0) is 0 Å². The lowest BCUT2D eigenvalue weighted by Gasteiger charge is -2.02. The Morgan fingerprint density at radius 1 is 1.30 bits per heavy atom. The first kappa shape index (κ1) is 14.6. The van der Waals surface area contributed by atoms with Crippen LogP contribution < -0.4 is 10.1 Å². The highest BCUT2D eigenvalue weighted by Crippen LogP contribution is 2.31. The summed E-state index contributed by atoms with van der Waals surface area (Å²) in [5, 5.41) is 2.91. The second-order valence-electron chi connectivity index (χ2n) is 4.56. The van der Waals surface area contributed by atoms with Gasteiger partial charge in [0.2, 0.25) is 0 Å². The number of nitrogens with one attached hydrogen (secondary N) is 1. The van der Waals surface area contributed by atoms with Gasteiger partial charge in [-0.2, -0.15) is 0 Å². The van der Waals surface area contributed by atoms with Gasteiger partial charge in [0.1, 0.15) is 5.75 Å². The van der Waals surface area contributed by atoms with Crippen molar-refractivity contribution in [2.75, 3.05) is 13.7 Å². The Bertz CT molecular complexity index is 587. The second kappa shape index (κ2) is 6.57. The molecule has 3 nitrogen and oxygen atoms in total. The fourth-order valence-corrected chi connectivity index (χ4v) is 2.94. The van der Waals surface area contributed by atoms with Crippen LogP contribution in [0.25, 0.3) is 11.1 Å². The molecule has 0 bridgehead atoms. The minimum atomic E-state index is 0.0136. The van der Waals surface area contributed by atoms with E-state index in [2.05, 4.69) is 5.32 Å². The van der Waals surface area contributed by atoms with Crippen LogP contribution in [0.5, 0.6) is 5.75 Å². The van der Waals surface area contributed by atoms with E-state index in [9.17, 15) is 4.79 Å². The van der Waals surface area contributed by atoms with Crippen molar-refractivity contribution in [3.05, 3.63) is 40.1 Å². The Labute approximate surface area is 123 Å². The quantitative estimate of drug-likeness (QED) is 0.907. The average molecular weight is 289 g/mol. The fourth-order valence-electron chi connectivity index (χ4n) is 1.98. The number of ether oxygens (including phenoxy) is 1. The normalized spacial score (nSPS) is 10.3. The van der Waals surface area contributed by atoms with Gasteiger partial charge in [0.05, 0.1) is 12.0 Å². The Kier molecular flexibility index (Phi) is 4.79. The summed E-state index contributed by atoms with van der Waals surface area (Å²) in [6.45, 7) is 4.80. The molecular weight excluding hydrogens is 270 g/mol. The molecule has 0 aliphatic rings.